The van der Waals surface area contributed by atoms with Gasteiger partial charge in [0.2, 0.25) is 0 Å². The molecule has 0 aromatic heterocycles. The molecule has 1 amide bonds. The molecule has 0 aliphatic carbocycles. The SMILES string of the molecule is CC(C)(C)OC(=O)N1CCN=C1C[Se]c1ccccc1. The van der Waals surface area contributed by atoms with Gasteiger partial charge in [0.15, 0.2) is 0 Å². The van der Waals surface area contributed by atoms with Crippen molar-refractivity contribution in [3.05, 3.63) is 30.3 Å². The van der Waals surface area contributed by atoms with Crippen LogP contribution in [0.25, 0.3) is 0 Å². The minimum atomic E-state index is -0.463. The van der Waals surface area contributed by atoms with E-state index in [0.717, 1.165) is 11.2 Å². The Kier molecular flexibility index (Phi) is 4.84. The van der Waals surface area contributed by atoms with Gasteiger partial charge < -0.3 is 0 Å². The predicted octanol–water partition coefficient (Wildman–Crippen LogP) is 2.08. The number of carbonyl (C=O) groups excluding carboxylic acids is 1. The Morgan fingerprint density at radius 1 is 1.35 bits per heavy atom. The van der Waals surface area contributed by atoms with Crippen LogP contribution in [0.3, 0.4) is 0 Å². The zero-order valence-corrected chi connectivity index (χ0v) is 13.8. The van der Waals surface area contributed by atoms with Gasteiger partial charge >= 0.3 is 126 Å². The van der Waals surface area contributed by atoms with E-state index >= 15 is 0 Å². The molecule has 1 aromatic rings. The van der Waals surface area contributed by atoms with Crippen molar-refractivity contribution in [2.75, 3.05) is 13.1 Å². The Balaban J connectivity index is 1.92. The van der Waals surface area contributed by atoms with E-state index in [2.05, 4.69) is 17.1 Å². The van der Waals surface area contributed by atoms with E-state index in [9.17, 15) is 4.79 Å². The van der Waals surface area contributed by atoms with Gasteiger partial charge in [-0.25, -0.2) is 0 Å². The van der Waals surface area contributed by atoms with Crippen LogP contribution in [-0.2, 0) is 4.74 Å². The summed E-state index contributed by atoms with van der Waals surface area (Å²) in [6, 6.07) is 10.3. The Hall–Kier alpha value is -1.32. The van der Waals surface area contributed by atoms with E-state index in [1.54, 1.807) is 4.90 Å². The molecule has 4 nitrogen and oxygen atoms in total. The number of hydrogen-bond donors (Lipinski definition) is 0. The van der Waals surface area contributed by atoms with Gasteiger partial charge in [-0.2, -0.15) is 0 Å². The van der Waals surface area contributed by atoms with Crippen molar-refractivity contribution in [1.82, 2.24) is 4.90 Å². The summed E-state index contributed by atoms with van der Waals surface area (Å²) in [5.41, 5.74) is -0.463. The van der Waals surface area contributed by atoms with Gasteiger partial charge in [0.1, 0.15) is 0 Å². The van der Waals surface area contributed by atoms with Gasteiger partial charge in [-0.05, 0) is 0 Å². The Morgan fingerprint density at radius 2 is 2.05 bits per heavy atom. The number of ether oxygens (including phenoxy) is 1. The van der Waals surface area contributed by atoms with Crippen LogP contribution in [0.4, 0.5) is 4.79 Å². The maximum atomic E-state index is 12.1. The molecule has 20 heavy (non-hydrogen) atoms. The van der Waals surface area contributed by atoms with E-state index < -0.39 is 5.60 Å². The second kappa shape index (κ2) is 6.42. The second-order valence-corrected chi connectivity index (χ2v) is 7.73. The topological polar surface area (TPSA) is 41.9 Å². The molecule has 0 spiro atoms. The third-order valence-corrected chi connectivity index (χ3v) is 4.77. The van der Waals surface area contributed by atoms with E-state index in [4.69, 9.17) is 4.74 Å². The molecule has 0 unspecified atom stereocenters. The van der Waals surface area contributed by atoms with Crippen LogP contribution >= 0.6 is 0 Å². The fourth-order valence-electron chi connectivity index (χ4n) is 1.80. The summed E-state index contributed by atoms with van der Waals surface area (Å²) in [7, 11) is 0. The molecular weight excluding hydrogens is 319 g/mol. The summed E-state index contributed by atoms with van der Waals surface area (Å²) in [5.74, 6) is 0.864. The van der Waals surface area contributed by atoms with Gasteiger partial charge in [0.05, 0.1) is 0 Å². The van der Waals surface area contributed by atoms with Crippen LogP contribution in [-0.4, -0.2) is 50.5 Å². The number of carbonyl (C=O) groups is 1. The monoisotopic (exact) mass is 340 g/mol. The molecule has 0 saturated heterocycles. The molecule has 0 radical (unpaired) electrons. The van der Waals surface area contributed by atoms with Crippen LogP contribution in [0.15, 0.2) is 35.3 Å². The molecule has 1 aliphatic heterocycles. The van der Waals surface area contributed by atoms with Crippen molar-refractivity contribution in [3.8, 4) is 0 Å². The first-order valence-electron chi connectivity index (χ1n) is 6.67. The maximum absolute atomic E-state index is 12.1. The molecular formula is C15H20N2O2Se. The van der Waals surface area contributed by atoms with Gasteiger partial charge in [0.25, 0.3) is 0 Å². The number of amidine groups is 1. The van der Waals surface area contributed by atoms with Gasteiger partial charge in [0, 0.05) is 0 Å². The van der Waals surface area contributed by atoms with E-state index in [-0.39, 0.29) is 6.09 Å². The summed E-state index contributed by atoms with van der Waals surface area (Å²) in [5, 5.41) is 0.830. The fourth-order valence-corrected chi connectivity index (χ4v) is 3.67. The third kappa shape index (κ3) is 4.36. The first kappa shape index (κ1) is 15.1. The van der Waals surface area contributed by atoms with Crippen molar-refractivity contribution in [2.45, 2.75) is 31.7 Å². The molecule has 1 aromatic carbocycles. The summed E-state index contributed by atoms with van der Waals surface area (Å²) < 4.78 is 6.74. The minimum absolute atomic E-state index is 0.280. The Morgan fingerprint density at radius 3 is 2.70 bits per heavy atom. The number of amides is 1. The molecule has 2 rings (SSSR count). The first-order chi connectivity index (χ1) is 9.46. The van der Waals surface area contributed by atoms with Gasteiger partial charge in [-0.3, -0.25) is 0 Å². The Bertz CT molecular complexity index is 494. The summed E-state index contributed by atoms with van der Waals surface area (Å²) >= 11 is 0.296. The molecule has 1 aliphatic rings. The summed E-state index contributed by atoms with van der Waals surface area (Å²) in [4.78, 5) is 18.2. The summed E-state index contributed by atoms with van der Waals surface area (Å²) in [6.07, 6.45) is -0.280. The normalized spacial score (nSPS) is 15.2. The molecule has 0 N–H and O–H groups in total. The van der Waals surface area contributed by atoms with Crippen LogP contribution in [0, 0.1) is 0 Å². The second-order valence-electron chi connectivity index (χ2n) is 5.53. The Labute approximate surface area is 126 Å². The van der Waals surface area contributed by atoms with E-state index in [1.165, 1.54) is 4.46 Å². The van der Waals surface area contributed by atoms with Crippen molar-refractivity contribution in [2.24, 2.45) is 4.99 Å². The van der Waals surface area contributed by atoms with Crippen LogP contribution < -0.4 is 4.46 Å². The van der Waals surface area contributed by atoms with E-state index in [0.29, 0.717) is 28.0 Å². The number of aliphatic imine (C=N–C) groups is 1. The number of rotatable bonds is 3. The molecule has 0 bridgehead atoms. The summed E-state index contributed by atoms with van der Waals surface area (Å²) in [6.45, 7) is 6.96. The molecule has 0 fully saturated rings. The van der Waals surface area contributed by atoms with Gasteiger partial charge in [-0.1, -0.05) is 0 Å². The van der Waals surface area contributed by atoms with Crippen molar-refractivity contribution in [3.63, 3.8) is 0 Å². The average Bonchev–Trinajstić information content (AvgIpc) is 2.84. The van der Waals surface area contributed by atoms with E-state index in [1.807, 2.05) is 39.0 Å². The molecule has 5 heteroatoms. The van der Waals surface area contributed by atoms with Crippen LogP contribution in [0.2, 0.25) is 5.32 Å². The average molecular weight is 339 g/mol. The quantitative estimate of drug-likeness (QED) is 0.792. The molecule has 108 valence electrons. The fraction of sp³-hybridized carbons (Fsp3) is 0.467. The zero-order chi connectivity index (χ0) is 14.6. The number of benzene rings is 1. The number of nitrogens with zero attached hydrogens (tertiary/aromatic N) is 2. The molecule has 0 saturated carbocycles. The third-order valence-electron chi connectivity index (χ3n) is 2.65. The van der Waals surface area contributed by atoms with Crippen LogP contribution in [0.5, 0.6) is 0 Å². The standard InChI is InChI=1S/C15H20N2O2Se/c1-15(2,3)19-14(18)17-10-9-16-13(17)11-20-12-7-5-4-6-8-12/h4-8H,9-11H2,1-3H3. The molecule has 1 heterocycles. The van der Waals surface area contributed by atoms with Gasteiger partial charge in [-0.15, -0.1) is 0 Å². The first-order valence-corrected chi connectivity index (χ1v) is 8.74. The zero-order valence-electron chi connectivity index (χ0n) is 12.1. The number of hydrogen-bond acceptors (Lipinski definition) is 3. The van der Waals surface area contributed by atoms with Crippen LogP contribution in [0.1, 0.15) is 20.8 Å². The van der Waals surface area contributed by atoms with Crippen molar-refractivity contribution < 1.29 is 9.53 Å². The van der Waals surface area contributed by atoms with Crippen molar-refractivity contribution >= 4 is 31.3 Å². The predicted molar refractivity (Wildman–Crippen MR) is 81.9 cm³/mol. The van der Waals surface area contributed by atoms with Crippen molar-refractivity contribution in [1.29, 1.82) is 0 Å². The molecule has 0 atom stereocenters.